The molecule has 0 atom stereocenters. The lowest BCUT2D eigenvalue weighted by Gasteiger charge is -2.14. The van der Waals surface area contributed by atoms with Gasteiger partial charge in [-0.2, -0.15) is 5.10 Å². The molecule has 0 spiro atoms. The second kappa shape index (κ2) is 7.04. The van der Waals surface area contributed by atoms with E-state index in [1.165, 1.54) is 5.56 Å². The van der Waals surface area contributed by atoms with Crippen molar-refractivity contribution < 1.29 is 4.74 Å². The molecule has 0 saturated carbocycles. The zero-order valence-corrected chi connectivity index (χ0v) is 11.9. The quantitative estimate of drug-likeness (QED) is 0.361. The van der Waals surface area contributed by atoms with Gasteiger partial charge in [-0.3, -0.25) is 0 Å². The van der Waals surface area contributed by atoms with Gasteiger partial charge in [0, 0.05) is 5.56 Å². The van der Waals surface area contributed by atoms with Gasteiger partial charge in [-0.1, -0.05) is 33.3 Å². The summed E-state index contributed by atoms with van der Waals surface area (Å²) in [5.74, 6) is 6.75. The van der Waals surface area contributed by atoms with Crippen molar-refractivity contribution in [3.8, 4) is 5.75 Å². The molecular weight excluding hydrogens is 224 g/mol. The molecule has 0 bridgehead atoms. The number of benzene rings is 1. The molecule has 0 saturated heterocycles. The minimum absolute atomic E-state index is 0.485. The van der Waals surface area contributed by atoms with E-state index in [0.29, 0.717) is 5.92 Å². The summed E-state index contributed by atoms with van der Waals surface area (Å²) in [6.07, 6.45) is 2.19. The van der Waals surface area contributed by atoms with E-state index in [9.17, 15) is 0 Å². The molecular formula is C15H24N2O. The van der Waals surface area contributed by atoms with Gasteiger partial charge in [0.25, 0.3) is 0 Å². The Morgan fingerprint density at radius 1 is 1.39 bits per heavy atom. The Morgan fingerprint density at radius 3 is 2.67 bits per heavy atom. The van der Waals surface area contributed by atoms with Gasteiger partial charge in [-0.15, -0.1) is 0 Å². The monoisotopic (exact) mass is 248 g/mol. The number of nitrogens with two attached hydrogens (primary N) is 1. The van der Waals surface area contributed by atoms with Crippen molar-refractivity contribution in [2.24, 2.45) is 10.9 Å². The Balaban J connectivity index is 3.01. The molecule has 0 aliphatic carbocycles. The third-order valence-corrected chi connectivity index (χ3v) is 3.01. The average Bonchev–Trinajstić information content (AvgIpc) is 2.38. The van der Waals surface area contributed by atoms with E-state index in [1.54, 1.807) is 0 Å². The lowest BCUT2D eigenvalue weighted by atomic mass is 9.98. The van der Waals surface area contributed by atoms with Crippen LogP contribution in [0.2, 0.25) is 0 Å². The lowest BCUT2D eigenvalue weighted by molar-refractivity contribution is 0.308. The van der Waals surface area contributed by atoms with Gasteiger partial charge in [-0.25, -0.2) is 0 Å². The van der Waals surface area contributed by atoms with Crippen LogP contribution in [0, 0.1) is 0 Å². The normalized spacial score (nSPS) is 11.9. The fraction of sp³-hybridized carbons (Fsp3) is 0.533. The summed E-state index contributed by atoms with van der Waals surface area (Å²) in [5, 5.41) is 3.78. The van der Waals surface area contributed by atoms with E-state index in [4.69, 9.17) is 10.6 Å². The number of rotatable bonds is 6. The maximum atomic E-state index is 5.80. The van der Waals surface area contributed by atoms with Crippen molar-refractivity contribution in [1.82, 2.24) is 0 Å². The van der Waals surface area contributed by atoms with Crippen LogP contribution in [-0.4, -0.2) is 12.3 Å². The Labute approximate surface area is 110 Å². The molecule has 1 aromatic rings. The van der Waals surface area contributed by atoms with E-state index in [-0.39, 0.29) is 0 Å². The fourth-order valence-corrected chi connectivity index (χ4v) is 1.71. The van der Waals surface area contributed by atoms with E-state index >= 15 is 0 Å². The summed E-state index contributed by atoms with van der Waals surface area (Å²) >= 11 is 0. The summed E-state index contributed by atoms with van der Waals surface area (Å²) in [7, 11) is 0. The Kier molecular flexibility index (Phi) is 5.69. The van der Waals surface area contributed by atoms with Gasteiger partial charge >= 0.3 is 0 Å². The predicted molar refractivity (Wildman–Crippen MR) is 77.3 cm³/mol. The second-order valence-corrected chi connectivity index (χ2v) is 4.83. The summed E-state index contributed by atoms with van der Waals surface area (Å²) in [5.41, 5.74) is 3.08. The van der Waals surface area contributed by atoms with Gasteiger partial charge in [-0.05, 0) is 37.0 Å². The molecule has 1 aromatic carbocycles. The number of hydrogen-bond acceptors (Lipinski definition) is 3. The molecule has 0 aromatic heterocycles. The highest BCUT2D eigenvalue weighted by atomic mass is 16.5. The molecule has 0 radical (unpaired) electrons. The number of nitrogens with zero attached hydrogens (tertiary/aromatic N) is 1. The zero-order valence-electron chi connectivity index (χ0n) is 11.9. The highest BCUT2D eigenvalue weighted by Crippen LogP contribution is 2.25. The molecule has 3 heteroatoms. The van der Waals surface area contributed by atoms with Crippen LogP contribution in [-0.2, 0) is 0 Å². The molecule has 18 heavy (non-hydrogen) atoms. The smallest absolute Gasteiger partial charge is 0.128 e. The van der Waals surface area contributed by atoms with Gasteiger partial charge in [0.2, 0.25) is 0 Å². The van der Waals surface area contributed by atoms with Crippen molar-refractivity contribution in [3.63, 3.8) is 0 Å². The molecule has 0 aliphatic heterocycles. The topological polar surface area (TPSA) is 47.6 Å². The van der Waals surface area contributed by atoms with Crippen molar-refractivity contribution in [2.75, 3.05) is 6.61 Å². The Morgan fingerprint density at radius 2 is 2.11 bits per heavy atom. The second-order valence-electron chi connectivity index (χ2n) is 4.83. The molecule has 100 valence electrons. The standard InChI is InChI=1S/C15H24N2O/c1-5-6-9-18-15-8-7-13(11(2)3)10-14(15)12(4)17-16/h7-8,10-11H,5-6,9,16H2,1-4H3. The zero-order chi connectivity index (χ0) is 13.5. The van der Waals surface area contributed by atoms with E-state index in [1.807, 2.05) is 13.0 Å². The van der Waals surface area contributed by atoms with E-state index < -0.39 is 0 Å². The molecule has 3 nitrogen and oxygen atoms in total. The van der Waals surface area contributed by atoms with Crippen molar-refractivity contribution in [3.05, 3.63) is 29.3 Å². The Hall–Kier alpha value is -1.51. The van der Waals surface area contributed by atoms with Crippen LogP contribution in [0.1, 0.15) is 57.6 Å². The maximum absolute atomic E-state index is 5.80. The SMILES string of the molecule is CCCCOc1ccc(C(C)C)cc1C(C)=NN. The first-order valence-corrected chi connectivity index (χ1v) is 6.61. The molecule has 2 N–H and O–H groups in total. The third-order valence-electron chi connectivity index (χ3n) is 3.01. The van der Waals surface area contributed by atoms with Crippen LogP contribution in [0.25, 0.3) is 0 Å². The highest BCUT2D eigenvalue weighted by Gasteiger charge is 2.10. The van der Waals surface area contributed by atoms with Crippen LogP contribution < -0.4 is 10.6 Å². The van der Waals surface area contributed by atoms with Crippen molar-refractivity contribution in [2.45, 2.75) is 46.5 Å². The molecule has 0 fully saturated rings. The first-order valence-electron chi connectivity index (χ1n) is 6.61. The van der Waals surface area contributed by atoms with Crippen LogP contribution in [0.15, 0.2) is 23.3 Å². The first-order chi connectivity index (χ1) is 8.60. The minimum Gasteiger partial charge on any atom is -0.493 e. The maximum Gasteiger partial charge on any atom is 0.128 e. The van der Waals surface area contributed by atoms with Gasteiger partial charge < -0.3 is 10.6 Å². The summed E-state index contributed by atoms with van der Waals surface area (Å²) in [6, 6.07) is 6.26. The number of hydrogen-bond donors (Lipinski definition) is 1. The average molecular weight is 248 g/mol. The van der Waals surface area contributed by atoms with Gasteiger partial charge in [0.15, 0.2) is 0 Å². The third kappa shape index (κ3) is 3.76. The van der Waals surface area contributed by atoms with Gasteiger partial charge in [0.1, 0.15) is 5.75 Å². The van der Waals surface area contributed by atoms with Gasteiger partial charge in [0.05, 0.1) is 12.3 Å². The Bertz CT molecular complexity index is 411. The highest BCUT2D eigenvalue weighted by molar-refractivity contribution is 6.01. The fourth-order valence-electron chi connectivity index (χ4n) is 1.71. The van der Waals surface area contributed by atoms with Crippen LogP contribution in [0.4, 0.5) is 0 Å². The number of hydrazone groups is 1. The predicted octanol–water partition coefficient (Wildman–Crippen LogP) is 3.67. The molecule has 0 amide bonds. The first kappa shape index (κ1) is 14.6. The largest absolute Gasteiger partial charge is 0.493 e. The summed E-state index contributed by atoms with van der Waals surface area (Å²) in [6.45, 7) is 9.14. The molecule has 0 aliphatic rings. The summed E-state index contributed by atoms with van der Waals surface area (Å²) in [4.78, 5) is 0. The van der Waals surface area contributed by atoms with Crippen molar-refractivity contribution >= 4 is 5.71 Å². The van der Waals surface area contributed by atoms with E-state index in [0.717, 1.165) is 36.5 Å². The number of ether oxygens (including phenoxy) is 1. The molecule has 0 heterocycles. The van der Waals surface area contributed by atoms with Crippen LogP contribution in [0.5, 0.6) is 5.75 Å². The molecule has 1 rings (SSSR count). The van der Waals surface area contributed by atoms with Crippen LogP contribution in [0.3, 0.4) is 0 Å². The number of unbranched alkanes of at least 4 members (excludes halogenated alkanes) is 1. The van der Waals surface area contributed by atoms with Crippen molar-refractivity contribution in [1.29, 1.82) is 0 Å². The molecule has 0 unspecified atom stereocenters. The van der Waals surface area contributed by atoms with E-state index in [2.05, 4.69) is 38.0 Å². The lowest BCUT2D eigenvalue weighted by Crippen LogP contribution is -2.06. The van der Waals surface area contributed by atoms with Crippen LogP contribution >= 0.6 is 0 Å². The minimum atomic E-state index is 0.485. The summed E-state index contributed by atoms with van der Waals surface area (Å²) < 4.78 is 5.80.